The Hall–Kier alpha value is -2.64. The summed E-state index contributed by atoms with van der Waals surface area (Å²) in [5, 5.41) is 4.95. The topological polar surface area (TPSA) is 64.7 Å². The largest absolute Gasteiger partial charge is 0.342 e. The molecule has 0 radical (unpaired) electrons. The molecule has 146 valence electrons. The third kappa shape index (κ3) is 3.68. The first-order valence-corrected chi connectivity index (χ1v) is 9.50. The summed E-state index contributed by atoms with van der Waals surface area (Å²) in [6.45, 7) is 1.04. The highest BCUT2D eigenvalue weighted by molar-refractivity contribution is 6.31. The first-order valence-electron chi connectivity index (χ1n) is 9.13. The van der Waals surface area contributed by atoms with Crippen LogP contribution in [0.2, 0.25) is 5.02 Å². The number of nitrogens with one attached hydrogen (secondary N) is 2. The van der Waals surface area contributed by atoms with E-state index in [9.17, 15) is 14.0 Å². The van der Waals surface area contributed by atoms with Crippen molar-refractivity contribution in [2.24, 2.45) is 0 Å². The zero-order valence-electron chi connectivity index (χ0n) is 15.1. The number of carbonyl (C=O) groups is 2. The van der Waals surface area contributed by atoms with Crippen molar-refractivity contribution in [2.75, 3.05) is 18.1 Å². The molecule has 2 N–H and O–H groups in total. The first-order chi connectivity index (χ1) is 13.5. The van der Waals surface area contributed by atoms with Crippen molar-refractivity contribution in [1.82, 2.24) is 15.6 Å². The molecule has 0 aliphatic carbocycles. The van der Waals surface area contributed by atoms with Crippen LogP contribution >= 0.6 is 11.6 Å². The fourth-order valence-electron chi connectivity index (χ4n) is 3.62. The highest BCUT2D eigenvalue weighted by Gasteiger charge is 2.45. The lowest BCUT2D eigenvalue weighted by Crippen LogP contribution is -2.58. The molecular weight excluding hydrogens is 383 g/mol. The number of likely N-dealkylation sites (tertiary alicyclic amines) is 1. The van der Waals surface area contributed by atoms with Gasteiger partial charge in [-0.05, 0) is 35.9 Å². The lowest BCUT2D eigenvalue weighted by molar-refractivity contribution is -0.132. The normalized spacial score (nSPS) is 18.4. The van der Waals surface area contributed by atoms with E-state index in [0.717, 1.165) is 5.56 Å². The summed E-state index contributed by atoms with van der Waals surface area (Å²) in [4.78, 5) is 26.8. The number of urea groups is 1. The van der Waals surface area contributed by atoms with Crippen LogP contribution in [0.1, 0.15) is 18.4 Å². The molecule has 0 unspecified atom stereocenters. The standard InChI is InChI=1S/C20H20ClFN4O2/c21-17-4-2-1-3-14(17)13-18(27)25-11-9-20(10-12-25)23-19(28)26(24-20)16-7-5-15(22)6-8-16/h1-8,24H,9-13H2,(H,23,28). The van der Waals surface area contributed by atoms with Gasteiger partial charge in [-0.2, -0.15) is 0 Å². The number of rotatable bonds is 3. The Morgan fingerprint density at radius 1 is 1.11 bits per heavy atom. The second-order valence-electron chi connectivity index (χ2n) is 7.08. The smallest absolute Gasteiger partial charge is 0.338 e. The van der Waals surface area contributed by atoms with Crippen LogP contribution in [-0.4, -0.2) is 35.6 Å². The Labute approximate surface area is 167 Å². The van der Waals surface area contributed by atoms with Crippen molar-refractivity contribution < 1.29 is 14.0 Å². The minimum Gasteiger partial charge on any atom is -0.342 e. The molecule has 2 fully saturated rings. The van der Waals surface area contributed by atoms with Crippen LogP contribution in [0.4, 0.5) is 14.9 Å². The van der Waals surface area contributed by atoms with Gasteiger partial charge in [0.1, 0.15) is 11.5 Å². The van der Waals surface area contributed by atoms with Gasteiger partial charge >= 0.3 is 6.03 Å². The van der Waals surface area contributed by atoms with Crippen molar-refractivity contribution in [3.05, 3.63) is 64.9 Å². The minimum atomic E-state index is -0.605. The van der Waals surface area contributed by atoms with E-state index >= 15 is 0 Å². The monoisotopic (exact) mass is 402 g/mol. The lowest BCUT2D eigenvalue weighted by Gasteiger charge is -2.39. The van der Waals surface area contributed by atoms with Crippen molar-refractivity contribution >= 4 is 29.2 Å². The van der Waals surface area contributed by atoms with E-state index < -0.39 is 5.66 Å². The minimum absolute atomic E-state index is 0.0164. The maximum atomic E-state index is 13.1. The maximum absolute atomic E-state index is 13.1. The molecule has 8 heteroatoms. The second kappa shape index (κ2) is 7.41. The number of hydrazine groups is 1. The van der Waals surface area contributed by atoms with Crippen LogP contribution in [-0.2, 0) is 11.2 Å². The van der Waals surface area contributed by atoms with Crippen molar-refractivity contribution in [1.29, 1.82) is 0 Å². The summed E-state index contributed by atoms with van der Waals surface area (Å²) in [5.74, 6) is -0.342. The van der Waals surface area contributed by atoms with E-state index in [0.29, 0.717) is 36.6 Å². The SMILES string of the molecule is O=C(Cc1ccccc1Cl)N1CCC2(CC1)NC(=O)N(c1ccc(F)cc1)N2. The molecule has 2 saturated heterocycles. The molecule has 2 aromatic carbocycles. The summed E-state index contributed by atoms with van der Waals surface area (Å²) >= 11 is 6.15. The molecule has 1 spiro atoms. The zero-order valence-corrected chi connectivity index (χ0v) is 15.9. The van der Waals surface area contributed by atoms with Crippen molar-refractivity contribution in [2.45, 2.75) is 24.9 Å². The summed E-state index contributed by atoms with van der Waals surface area (Å²) in [6, 6.07) is 12.7. The van der Waals surface area contributed by atoms with E-state index in [4.69, 9.17) is 11.6 Å². The molecule has 2 aromatic rings. The van der Waals surface area contributed by atoms with Gasteiger partial charge in [0, 0.05) is 31.0 Å². The number of hydrogen-bond acceptors (Lipinski definition) is 3. The molecule has 0 aromatic heterocycles. The average Bonchev–Trinajstić information content (AvgIpc) is 3.00. The highest BCUT2D eigenvalue weighted by atomic mass is 35.5. The molecular formula is C20H20ClFN4O2. The van der Waals surface area contributed by atoms with Gasteiger partial charge in [0.15, 0.2) is 0 Å². The molecule has 0 bridgehead atoms. The van der Waals surface area contributed by atoms with Crippen molar-refractivity contribution in [3.63, 3.8) is 0 Å². The average molecular weight is 403 g/mol. The Morgan fingerprint density at radius 2 is 1.79 bits per heavy atom. The van der Waals surface area contributed by atoms with Gasteiger partial charge in [0.05, 0.1) is 12.1 Å². The Kier molecular flexibility index (Phi) is 4.95. The summed E-state index contributed by atoms with van der Waals surface area (Å²) < 4.78 is 13.1. The predicted octanol–water partition coefficient (Wildman–Crippen LogP) is 3.07. The Balaban J connectivity index is 1.38. The van der Waals surface area contributed by atoms with Crippen LogP contribution in [0, 0.1) is 5.82 Å². The van der Waals surface area contributed by atoms with Gasteiger partial charge in [0.25, 0.3) is 0 Å². The van der Waals surface area contributed by atoms with E-state index in [1.165, 1.54) is 17.1 Å². The molecule has 2 heterocycles. The molecule has 2 aliphatic heterocycles. The van der Waals surface area contributed by atoms with Crippen LogP contribution in [0.5, 0.6) is 0 Å². The zero-order chi connectivity index (χ0) is 19.7. The second-order valence-corrected chi connectivity index (χ2v) is 7.49. The van der Waals surface area contributed by atoms with Crippen LogP contribution < -0.4 is 15.8 Å². The Bertz CT molecular complexity index is 897. The third-order valence-corrected chi connectivity index (χ3v) is 5.60. The maximum Gasteiger partial charge on any atom is 0.338 e. The molecule has 2 aliphatic rings. The van der Waals surface area contributed by atoms with Gasteiger partial charge in [-0.1, -0.05) is 29.8 Å². The van der Waals surface area contributed by atoms with E-state index in [1.54, 1.807) is 23.1 Å². The molecule has 4 rings (SSSR count). The molecule has 28 heavy (non-hydrogen) atoms. The number of halogens is 2. The molecule has 3 amide bonds. The van der Waals surface area contributed by atoms with Crippen LogP contribution in [0.25, 0.3) is 0 Å². The summed E-state index contributed by atoms with van der Waals surface area (Å²) in [5.41, 5.74) is 3.97. The molecule has 0 saturated carbocycles. The number of hydrogen-bond donors (Lipinski definition) is 2. The van der Waals surface area contributed by atoms with E-state index in [-0.39, 0.29) is 24.2 Å². The van der Waals surface area contributed by atoms with Crippen molar-refractivity contribution in [3.8, 4) is 0 Å². The van der Waals surface area contributed by atoms with Crippen LogP contribution in [0.15, 0.2) is 48.5 Å². The first kappa shape index (κ1) is 18.7. The number of anilines is 1. The van der Waals surface area contributed by atoms with E-state index in [1.807, 2.05) is 18.2 Å². The highest BCUT2D eigenvalue weighted by Crippen LogP contribution is 2.28. The number of nitrogens with zero attached hydrogens (tertiary/aromatic N) is 2. The number of piperidine rings is 1. The van der Waals surface area contributed by atoms with Gasteiger partial charge < -0.3 is 10.2 Å². The fourth-order valence-corrected chi connectivity index (χ4v) is 3.82. The van der Waals surface area contributed by atoms with Gasteiger partial charge in [-0.25, -0.2) is 19.6 Å². The fraction of sp³-hybridized carbons (Fsp3) is 0.300. The molecule has 0 atom stereocenters. The Morgan fingerprint density at radius 3 is 2.46 bits per heavy atom. The third-order valence-electron chi connectivity index (χ3n) is 5.23. The lowest BCUT2D eigenvalue weighted by atomic mass is 9.97. The number of amides is 3. The molecule has 6 nitrogen and oxygen atoms in total. The van der Waals surface area contributed by atoms with Gasteiger partial charge in [-0.15, -0.1) is 0 Å². The van der Waals surface area contributed by atoms with Gasteiger partial charge in [0.2, 0.25) is 5.91 Å². The number of benzene rings is 2. The van der Waals surface area contributed by atoms with E-state index in [2.05, 4.69) is 10.7 Å². The number of carbonyl (C=O) groups excluding carboxylic acids is 2. The quantitative estimate of drug-likeness (QED) is 0.829. The summed E-state index contributed by atoms with van der Waals surface area (Å²) in [6.07, 6.45) is 1.41. The summed E-state index contributed by atoms with van der Waals surface area (Å²) in [7, 11) is 0. The van der Waals surface area contributed by atoms with Crippen LogP contribution in [0.3, 0.4) is 0 Å². The van der Waals surface area contributed by atoms with Gasteiger partial charge in [-0.3, -0.25) is 4.79 Å². The predicted molar refractivity (Wildman–Crippen MR) is 104 cm³/mol.